The van der Waals surface area contributed by atoms with Crippen LogP contribution in [0.5, 0.6) is 0 Å². The van der Waals surface area contributed by atoms with Crippen LogP contribution >= 0.6 is 7.82 Å². The third kappa shape index (κ3) is 32.2. The molecule has 10 atom stereocenters. The molecule has 15 nitrogen and oxygen atoms in total. The van der Waals surface area contributed by atoms with Crippen LogP contribution in [-0.4, -0.2) is 121 Å². The third-order valence-corrected chi connectivity index (χ3v) is 11.6. The molecule has 1 saturated carbocycles. The maximum atomic E-state index is 12.8. The Morgan fingerprint density at radius 3 is 1.55 bits per heavy atom. The molecular weight excluding hydrogens is 884 g/mol. The van der Waals surface area contributed by atoms with Gasteiger partial charge in [-0.2, -0.15) is 0 Å². The molecule has 0 spiro atoms. The zero-order chi connectivity index (χ0) is 49.5. The number of unbranched alkanes of at least 4 members (excludes halogenated alkanes) is 8. The van der Waals surface area contributed by atoms with Gasteiger partial charge in [0.15, 0.2) is 6.10 Å². The number of ether oxygens (including phenoxy) is 2. The van der Waals surface area contributed by atoms with Gasteiger partial charge < -0.3 is 50.1 Å². The lowest BCUT2D eigenvalue weighted by Crippen LogP contribution is -2.64. The summed E-state index contributed by atoms with van der Waals surface area (Å²) in [6.45, 7) is 2.94. The van der Waals surface area contributed by atoms with Gasteiger partial charge in [-0.05, 0) is 77.0 Å². The van der Waals surface area contributed by atoms with Crippen LogP contribution in [0, 0.1) is 0 Å². The second kappa shape index (κ2) is 39.5. The molecular formula is C51H83O15P. The van der Waals surface area contributed by atoms with E-state index in [4.69, 9.17) is 18.5 Å². The van der Waals surface area contributed by atoms with Gasteiger partial charge in [0.25, 0.3) is 0 Å². The van der Waals surface area contributed by atoms with E-state index < -0.39 is 87.9 Å². The van der Waals surface area contributed by atoms with Gasteiger partial charge in [0.05, 0.1) is 18.8 Å². The van der Waals surface area contributed by atoms with E-state index in [0.717, 1.165) is 70.6 Å². The summed E-state index contributed by atoms with van der Waals surface area (Å²) < 4.78 is 33.4. The first kappa shape index (κ1) is 61.7. The Bertz CT molecular complexity index is 1570. The number of esters is 2. The highest BCUT2D eigenvalue weighted by molar-refractivity contribution is 7.47. The predicted molar refractivity (Wildman–Crippen MR) is 260 cm³/mol. The highest BCUT2D eigenvalue weighted by Crippen LogP contribution is 2.47. The number of allylic oxidation sites excluding steroid dienone is 14. The molecule has 382 valence electrons. The predicted octanol–water partition coefficient (Wildman–Crippen LogP) is 7.77. The molecule has 0 saturated heterocycles. The normalized spacial score (nSPS) is 23.0. The fourth-order valence-electron chi connectivity index (χ4n) is 6.60. The first-order chi connectivity index (χ1) is 32.2. The van der Waals surface area contributed by atoms with Crippen molar-refractivity contribution in [1.82, 2.24) is 0 Å². The van der Waals surface area contributed by atoms with Crippen molar-refractivity contribution in [2.24, 2.45) is 0 Å². The topological polar surface area (TPSA) is 250 Å². The molecule has 0 aromatic heterocycles. The summed E-state index contributed by atoms with van der Waals surface area (Å²) >= 11 is 0. The lowest BCUT2D eigenvalue weighted by Gasteiger charge is -2.41. The van der Waals surface area contributed by atoms with E-state index in [-0.39, 0.29) is 25.7 Å². The van der Waals surface area contributed by atoms with Crippen LogP contribution in [0.3, 0.4) is 0 Å². The zero-order valence-corrected chi connectivity index (χ0v) is 40.8. The summed E-state index contributed by atoms with van der Waals surface area (Å²) in [5.74, 6) is -1.37. The molecule has 0 aromatic rings. The fraction of sp³-hybridized carbons (Fsp3) is 0.647. The van der Waals surface area contributed by atoms with Crippen molar-refractivity contribution in [3.05, 3.63) is 97.2 Å². The first-order valence-corrected chi connectivity index (χ1v) is 25.8. The highest BCUT2D eigenvalue weighted by Gasteiger charge is 2.51. The fourth-order valence-corrected chi connectivity index (χ4v) is 7.57. The van der Waals surface area contributed by atoms with Crippen molar-refractivity contribution in [1.29, 1.82) is 0 Å². The standard InChI is InChI=1S/C51H83O15P/c1-3-5-7-8-9-10-11-12-13-14-15-16-17-18-19-20-24-27-31-37-44(54)63-39-43(40-64-67(61,62)66-51-49(59)47(57)46(56)48(58)50(51)60)65-45(55)38-32-36-42(53)35-30-26-23-21-22-25-29-34-41(52)33-28-6-4-2/h9-10,12-13,15-16,18-19,22-23,25-26,29-30,34-35,41-43,46-53,56-60H,3-8,11,14,17,20-21,24,27-28,31-33,36-40H2,1-2H3,(H,61,62)/b10-9-,13-12-,16-15-,19-18-,25-22-,26-23-,34-29+,35-30+/t41-,42-,43-,46?,47-,48+,49-,50-,51?/m1/s1. The second-order valence-corrected chi connectivity index (χ2v) is 18.1. The second-order valence-electron chi connectivity index (χ2n) is 16.7. The van der Waals surface area contributed by atoms with Gasteiger partial charge in [0.1, 0.15) is 43.2 Å². The summed E-state index contributed by atoms with van der Waals surface area (Å²) in [5.41, 5.74) is 0. The number of carbonyl (C=O) groups excluding carboxylic acids is 2. The van der Waals surface area contributed by atoms with Crippen LogP contribution in [0.4, 0.5) is 0 Å². The van der Waals surface area contributed by atoms with E-state index in [1.807, 2.05) is 24.3 Å². The molecule has 16 heteroatoms. The smallest absolute Gasteiger partial charge is 0.462 e. The van der Waals surface area contributed by atoms with Crippen molar-refractivity contribution in [2.75, 3.05) is 13.2 Å². The SMILES string of the molecule is CCCCC/C=C\C/C=C\C/C=C\C/C=C\CCCCCC(=O)OC[C@H](COP(=O)(O)OC1[C@H](O)[C@H](O)C(O)[C@H](O)[C@H]1O)OC(=O)CCC[C@H](O)/C=C/C=C\C/C=C\C=C\[C@H](O)CCCCC. The van der Waals surface area contributed by atoms with E-state index in [1.54, 1.807) is 24.3 Å². The average molecular weight is 967 g/mol. The van der Waals surface area contributed by atoms with Crippen molar-refractivity contribution in [3.8, 4) is 0 Å². The molecule has 1 aliphatic carbocycles. The largest absolute Gasteiger partial charge is 0.472 e. The molecule has 67 heavy (non-hydrogen) atoms. The van der Waals surface area contributed by atoms with Gasteiger partial charge in [-0.15, -0.1) is 0 Å². The van der Waals surface area contributed by atoms with Crippen molar-refractivity contribution < 1.29 is 73.3 Å². The lowest BCUT2D eigenvalue weighted by atomic mass is 9.85. The van der Waals surface area contributed by atoms with Gasteiger partial charge in [-0.1, -0.05) is 150 Å². The van der Waals surface area contributed by atoms with Crippen LogP contribution in [0.15, 0.2) is 97.2 Å². The number of phosphoric acid groups is 1. The third-order valence-electron chi connectivity index (χ3n) is 10.6. The minimum atomic E-state index is -5.20. The number of phosphoric ester groups is 1. The molecule has 0 amide bonds. The maximum absolute atomic E-state index is 12.8. The zero-order valence-electron chi connectivity index (χ0n) is 39.9. The minimum Gasteiger partial charge on any atom is -0.462 e. The molecule has 0 aromatic carbocycles. The lowest BCUT2D eigenvalue weighted by molar-refractivity contribution is -0.220. The Labute approximate surface area is 399 Å². The molecule has 3 unspecified atom stereocenters. The minimum absolute atomic E-state index is 0.0740. The quantitative estimate of drug-likeness (QED) is 0.00968. The Morgan fingerprint density at radius 2 is 1.00 bits per heavy atom. The van der Waals surface area contributed by atoms with Crippen LogP contribution in [0.25, 0.3) is 0 Å². The van der Waals surface area contributed by atoms with Crippen molar-refractivity contribution in [2.45, 2.75) is 197 Å². The summed E-state index contributed by atoms with van der Waals surface area (Å²) in [5, 5.41) is 70.5. The first-order valence-electron chi connectivity index (χ1n) is 24.3. The molecule has 1 fully saturated rings. The number of aliphatic hydroxyl groups excluding tert-OH is 7. The summed E-state index contributed by atoms with van der Waals surface area (Å²) in [4.78, 5) is 35.8. The molecule has 0 radical (unpaired) electrons. The van der Waals surface area contributed by atoms with Crippen molar-refractivity contribution in [3.63, 3.8) is 0 Å². The highest BCUT2D eigenvalue weighted by atomic mass is 31.2. The van der Waals surface area contributed by atoms with Gasteiger partial charge >= 0.3 is 19.8 Å². The molecule has 1 aliphatic rings. The van der Waals surface area contributed by atoms with Crippen molar-refractivity contribution >= 4 is 19.8 Å². The van der Waals surface area contributed by atoms with Gasteiger partial charge in [0, 0.05) is 12.8 Å². The van der Waals surface area contributed by atoms with Gasteiger partial charge in [0.2, 0.25) is 0 Å². The number of rotatable bonds is 38. The van der Waals surface area contributed by atoms with Crippen LogP contribution in [0.1, 0.15) is 142 Å². The number of hydrogen-bond donors (Lipinski definition) is 8. The van der Waals surface area contributed by atoms with Crippen LogP contribution in [0.2, 0.25) is 0 Å². The Morgan fingerprint density at radius 1 is 0.537 bits per heavy atom. The molecule has 0 aliphatic heterocycles. The molecule has 0 heterocycles. The van der Waals surface area contributed by atoms with Crippen LogP contribution < -0.4 is 0 Å². The Hall–Kier alpha value is -3.31. The number of aliphatic hydroxyl groups is 7. The Kier molecular flexibility index (Phi) is 36.4. The summed E-state index contributed by atoms with van der Waals surface area (Å²) in [6, 6.07) is 0. The average Bonchev–Trinajstić information content (AvgIpc) is 3.30. The maximum Gasteiger partial charge on any atom is 0.472 e. The van der Waals surface area contributed by atoms with Gasteiger partial charge in [-0.3, -0.25) is 18.6 Å². The van der Waals surface area contributed by atoms with E-state index in [0.29, 0.717) is 12.8 Å². The number of carbonyl (C=O) groups is 2. The monoisotopic (exact) mass is 967 g/mol. The molecule has 0 bridgehead atoms. The molecule has 8 N–H and O–H groups in total. The van der Waals surface area contributed by atoms with Crippen LogP contribution in [-0.2, 0) is 32.7 Å². The van der Waals surface area contributed by atoms with E-state index >= 15 is 0 Å². The molecule has 1 rings (SSSR count). The summed E-state index contributed by atoms with van der Waals surface area (Å²) in [7, 11) is -5.20. The van der Waals surface area contributed by atoms with E-state index in [1.165, 1.54) is 19.3 Å². The Balaban J connectivity index is 2.58. The van der Waals surface area contributed by atoms with E-state index in [2.05, 4.69) is 62.5 Å². The number of hydrogen-bond acceptors (Lipinski definition) is 14. The van der Waals surface area contributed by atoms with Gasteiger partial charge in [-0.25, -0.2) is 4.57 Å². The summed E-state index contributed by atoms with van der Waals surface area (Å²) in [6.07, 6.45) is 32.2. The van der Waals surface area contributed by atoms with E-state index in [9.17, 15) is 54.8 Å².